The van der Waals surface area contributed by atoms with Crippen molar-refractivity contribution in [2.75, 3.05) is 20.3 Å². The van der Waals surface area contributed by atoms with Crippen LogP contribution in [0, 0.1) is 0 Å². The van der Waals surface area contributed by atoms with Crippen LogP contribution in [0.3, 0.4) is 0 Å². The van der Waals surface area contributed by atoms with Crippen molar-refractivity contribution in [1.82, 2.24) is 0 Å². The lowest BCUT2D eigenvalue weighted by molar-refractivity contribution is 0.0596. The lowest BCUT2D eigenvalue weighted by Gasteiger charge is -2.11. The highest BCUT2D eigenvalue weighted by Crippen LogP contribution is 2.26. The first kappa shape index (κ1) is 12.4. The summed E-state index contributed by atoms with van der Waals surface area (Å²) in [6.07, 6.45) is 0. The Hall–Kier alpha value is -2.07. The second-order valence-electron chi connectivity index (χ2n) is 3.82. The van der Waals surface area contributed by atoms with Gasteiger partial charge >= 0.3 is 5.97 Å². The van der Waals surface area contributed by atoms with Crippen LogP contribution in [0.15, 0.2) is 36.4 Å². The molecule has 0 aliphatic rings. The summed E-state index contributed by atoms with van der Waals surface area (Å²) in [5.41, 5.74) is 5.83. The molecule has 0 aliphatic carbocycles. The van der Waals surface area contributed by atoms with Crippen LogP contribution in [-0.2, 0) is 4.74 Å². The number of fused-ring (bicyclic) bond motifs is 1. The zero-order valence-corrected chi connectivity index (χ0v) is 10.2. The Labute approximate surface area is 105 Å². The zero-order valence-electron chi connectivity index (χ0n) is 10.2. The van der Waals surface area contributed by atoms with Crippen molar-refractivity contribution in [3.63, 3.8) is 0 Å². The van der Waals surface area contributed by atoms with Crippen molar-refractivity contribution >= 4 is 16.7 Å². The normalized spacial score (nSPS) is 10.3. The van der Waals surface area contributed by atoms with Crippen molar-refractivity contribution in [3.05, 3.63) is 42.0 Å². The standard InChI is InChI=1S/C14H15NO3/c1-17-14(16)12-8-10-4-2-3-5-11(10)9-13(12)18-7-6-15/h2-5,8-9H,6-7,15H2,1H3. The predicted molar refractivity (Wildman–Crippen MR) is 69.8 cm³/mol. The van der Waals surface area contributed by atoms with Gasteiger partial charge in [0.05, 0.1) is 7.11 Å². The maximum atomic E-state index is 11.7. The van der Waals surface area contributed by atoms with Crippen LogP contribution in [0.1, 0.15) is 10.4 Å². The second kappa shape index (κ2) is 5.51. The van der Waals surface area contributed by atoms with E-state index >= 15 is 0 Å². The van der Waals surface area contributed by atoms with E-state index in [1.54, 1.807) is 6.07 Å². The number of nitrogens with two attached hydrogens (primary N) is 1. The minimum atomic E-state index is -0.409. The van der Waals surface area contributed by atoms with Crippen molar-refractivity contribution in [3.8, 4) is 5.75 Å². The summed E-state index contributed by atoms with van der Waals surface area (Å²) in [6, 6.07) is 11.4. The number of ether oxygens (including phenoxy) is 2. The van der Waals surface area contributed by atoms with Crippen molar-refractivity contribution in [1.29, 1.82) is 0 Å². The first-order valence-electron chi connectivity index (χ1n) is 5.70. The van der Waals surface area contributed by atoms with Gasteiger partial charge in [-0.05, 0) is 22.9 Å². The molecule has 0 heterocycles. The molecule has 0 saturated carbocycles. The van der Waals surface area contributed by atoms with Gasteiger partial charge in [-0.3, -0.25) is 0 Å². The SMILES string of the molecule is COC(=O)c1cc2ccccc2cc1OCCN. The smallest absolute Gasteiger partial charge is 0.341 e. The molecule has 0 unspecified atom stereocenters. The Kier molecular flexibility index (Phi) is 3.79. The first-order chi connectivity index (χ1) is 8.76. The van der Waals surface area contributed by atoms with E-state index in [9.17, 15) is 4.79 Å². The van der Waals surface area contributed by atoms with E-state index in [1.165, 1.54) is 7.11 Å². The van der Waals surface area contributed by atoms with E-state index in [2.05, 4.69) is 0 Å². The summed E-state index contributed by atoms with van der Waals surface area (Å²) in [4.78, 5) is 11.7. The Morgan fingerprint density at radius 3 is 2.50 bits per heavy atom. The third-order valence-electron chi connectivity index (χ3n) is 2.63. The molecule has 2 aromatic rings. The van der Waals surface area contributed by atoms with Gasteiger partial charge in [-0.2, -0.15) is 0 Å². The minimum absolute atomic E-state index is 0.363. The number of benzene rings is 2. The monoisotopic (exact) mass is 245 g/mol. The third kappa shape index (κ3) is 2.43. The number of rotatable bonds is 4. The molecule has 18 heavy (non-hydrogen) atoms. The van der Waals surface area contributed by atoms with E-state index in [4.69, 9.17) is 15.2 Å². The van der Waals surface area contributed by atoms with E-state index in [0.717, 1.165) is 10.8 Å². The van der Waals surface area contributed by atoms with Crippen molar-refractivity contribution in [2.24, 2.45) is 5.73 Å². The number of hydrogen-bond donors (Lipinski definition) is 1. The Bertz CT molecular complexity index is 566. The molecule has 0 spiro atoms. The fourth-order valence-corrected chi connectivity index (χ4v) is 1.78. The van der Waals surface area contributed by atoms with Crippen LogP contribution in [0.4, 0.5) is 0 Å². The Morgan fingerprint density at radius 2 is 1.89 bits per heavy atom. The first-order valence-corrected chi connectivity index (χ1v) is 5.70. The van der Waals surface area contributed by atoms with E-state index < -0.39 is 5.97 Å². The lowest BCUT2D eigenvalue weighted by Crippen LogP contribution is -2.13. The quantitative estimate of drug-likeness (QED) is 0.836. The van der Waals surface area contributed by atoms with Gasteiger partial charge in [0.1, 0.15) is 17.9 Å². The summed E-state index contributed by atoms with van der Waals surface area (Å²) in [7, 11) is 1.35. The highest BCUT2D eigenvalue weighted by atomic mass is 16.5. The molecular weight excluding hydrogens is 230 g/mol. The van der Waals surface area contributed by atoms with Crippen molar-refractivity contribution in [2.45, 2.75) is 0 Å². The number of carbonyl (C=O) groups excluding carboxylic acids is 1. The third-order valence-corrected chi connectivity index (χ3v) is 2.63. The summed E-state index contributed by atoms with van der Waals surface area (Å²) >= 11 is 0. The number of methoxy groups -OCH3 is 1. The maximum Gasteiger partial charge on any atom is 0.341 e. The molecule has 4 heteroatoms. The Balaban J connectivity index is 2.52. The summed E-state index contributed by atoms with van der Waals surface area (Å²) in [5, 5.41) is 1.98. The van der Waals surface area contributed by atoms with Crippen LogP contribution in [-0.4, -0.2) is 26.2 Å². The van der Waals surface area contributed by atoms with Gasteiger partial charge in [0.15, 0.2) is 0 Å². The Morgan fingerprint density at radius 1 is 1.22 bits per heavy atom. The van der Waals surface area contributed by atoms with Crippen LogP contribution >= 0.6 is 0 Å². The van der Waals surface area contributed by atoms with Gasteiger partial charge in [0.2, 0.25) is 0 Å². The van der Waals surface area contributed by atoms with E-state index in [1.807, 2.05) is 30.3 Å². The topological polar surface area (TPSA) is 61.5 Å². The van der Waals surface area contributed by atoms with Gasteiger partial charge < -0.3 is 15.2 Å². The molecule has 2 N–H and O–H groups in total. The van der Waals surface area contributed by atoms with Gasteiger partial charge in [-0.1, -0.05) is 24.3 Å². The molecule has 2 aromatic carbocycles. The van der Waals surface area contributed by atoms with Crippen molar-refractivity contribution < 1.29 is 14.3 Å². The van der Waals surface area contributed by atoms with E-state index in [-0.39, 0.29) is 0 Å². The number of esters is 1. The summed E-state index contributed by atoms with van der Waals surface area (Å²) < 4.78 is 10.2. The maximum absolute atomic E-state index is 11.7. The molecule has 0 amide bonds. The average molecular weight is 245 g/mol. The van der Waals surface area contributed by atoms with Crippen LogP contribution in [0.5, 0.6) is 5.75 Å². The van der Waals surface area contributed by atoms with E-state index in [0.29, 0.717) is 24.5 Å². The van der Waals surface area contributed by atoms with Gasteiger partial charge in [-0.25, -0.2) is 4.79 Å². The molecule has 0 fully saturated rings. The highest BCUT2D eigenvalue weighted by Gasteiger charge is 2.14. The molecule has 0 saturated heterocycles. The average Bonchev–Trinajstić information content (AvgIpc) is 2.43. The molecule has 2 rings (SSSR count). The summed E-state index contributed by atoms with van der Waals surface area (Å²) in [5.74, 6) is 0.0961. The second-order valence-corrected chi connectivity index (χ2v) is 3.82. The van der Waals surface area contributed by atoms with Crippen LogP contribution in [0.25, 0.3) is 10.8 Å². The minimum Gasteiger partial charge on any atom is -0.491 e. The van der Waals surface area contributed by atoms with Crippen LogP contribution in [0.2, 0.25) is 0 Å². The number of carbonyl (C=O) groups is 1. The molecule has 0 radical (unpaired) electrons. The molecule has 0 aromatic heterocycles. The molecule has 0 aliphatic heterocycles. The molecule has 0 atom stereocenters. The van der Waals surface area contributed by atoms with Gasteiger partial charge in [0.25, 0.3) is 0 Å². The highest BCUT2D eigenvalue weighted by molar-refractivity contribution is 5.98. The van der Waals surface area contributed by atoms with Gasteiger partial charge in [0, 0.05) is 6.54 Å². The summed E-state index contributed by atoms with van der Waals surface area (Å²) in [6.45, 7) is 0.760. The van der Waals surface area contributed by atoms with Crippen LogP contribution < -0.4 is 10.5 Å². The zero-order chi connectivity index (χ0) is 13.0. The molecule has 94 valence electrons. The largest absolute Gasteiger partial charge is 0.491 e. The fourth-order valence-electron chi connectivity index (χ4n) is 1.78. The molecule has 4 nitrogen and oxygen atoms in total. The number of hydrogen-bond acceptors (Lipinski definition) is 4. The van der Waals surface area contributed by atoms with Gasteiger partial charge in [-0.15, -0.1) is 0 Å². The lowest BCUT2D eigenvalue weighted by atomic mass is 10.1. The molecular formula is C14H15NO3. The molecule has 0 bridgehead atoms. The predicted octanol–water partition coefficient (Wildman–Crippen LogP) is 1.96. The fraction of sp³-hybridized carbons (Fsp3) is 0.214.